The van der Waals surface area contributed by atoms with Crippen molar-refractivity contribution in [3.8, 4) is 0 Å². The number of benzene rings is 2. The third-order valence-electron chi connectivity index (χ3n) is 5.98. The minimum absolute atomic E-state index is 0.175. The van der Waals surface area contributed by atoms with Gasteiger partial charge in [0, 0.05) is 24.2 Å². The highest BCUT2D eigenvalue weighted by Crippen LogP contribution is 2.31. The molecule has 0 aliphatic heterocycles. The Bertz CT molecular complexity index is 970. The summed E-state index contributed by atoms with van der Waals surface area (Å²) in [4.78, 5) is 28.2. The van der Waals surface area contributed by atoms with Crippen LogP contribution in [0.25, 0.3) is 0 Å². The molecule has 6 heteroatoms. The van der Waals surface area contributed by atoms with E-state index in [4.69, 9.17) is 0 Å². The van der Waals surface area contributed by atoms with E-state index >= 15 is 0 Å². The molecule has 0 radical (unpaired) electrons. The summed E-state index contributed by atoms with van der Waals surface area (Å²) >= 11 is 1.37. The summed E-state index contributed by atoms with van der Waals surface area (Å²) in [5, 5.41) is 1.65. The molecular formula is C30H45N3O2S. The molecule has 2 rings (SSSR count). The molecule has 0 fully saturated rings. The van der Waals surface area contributed by atoms with Crippen LogP contribution in [-0.4, -0.2) is 44.2 Å². The number of hydrazine groups is 1. The Morgan fingerprint density at radius 1 is 0.778 bits per heavy atom. The highest BCUT2D eigenvalue weighted by molar-refractivity contribution is 7.95. The summed E-state index contributed by atoms with van der Waals surface area (Å²) in [6, 6.07) is 13.6. The van der Waals surface area contributed by atoms with Crippen LogP contribution in [0.5, 0.6) is 0 Å². The van der Waals surface area contributed by atoms with Gasteiger partial charge in [0.1, 0.15) is 0 Å². The number of nitrogens with zero attached hydrogens (tertiary/aromatic N) is 3. The number of unbranched alkanes of at least 4 members (excludes halogenated alkanes) is 2. The van der Waals surface area contributed by atoms with Gasteiger partial charge < -0.3 is 0 Å². The van der Waals surface area contributed by atoms with Gasteiger partial charge in [-0.25, -0.2) is 9.31 Å². The molecule has 0 saturated carbocycles. The molecule has 2 aromatic rings. The second-order valence-corrected chi connectivity index (χ2v) is 11.5. The Hall–Kier alpha value is -2.31. The molecular weight excluding hydrogens is 466 g/mol. The Morgan fingerprint density at radius 2 is 1.31 bits per heavy atom. The zero-order valence-electron chi connectivity index (χ0n) is 23.6. The number of hydrogen-bond donors (Lipinski definition) is 0. The SMILES string of the molecule is CCCCN(CCCC)SN(C(=O)c1ccc(CC)cc1)N(C(=O)c1cc(C)cc(C)c1)C(C)(C)C. The lowest BCUT2D eigenvalue weighted by Crippen LogP contribution is -2.56. The van der Waals surface area contributed by atoms with E-state index < -0.39 is 5.54 Å². The molecule has 198 valence electrons. The number of rotatable bonds is 11. The largest absolute Gasteiger partial charge is 0.284 e. The summed E-state index contributed by atoms with van der Waals surface area (Å²) in [5.41, 5.74) is 3.78. The van der Waals surface area contributed by atoms with Crippen LogP contribution in [-0.2, 0) is 6.42 Å². The van der Waals surface area contributed by atoms with Gasteiger partial charge in [-0.05, 0) is 83.7 Å². The molecule has 0 heterocycles. The van der Waals surface area contributed by atoms with Crippen molar-refractivity contribution in [3.05, 3.63) is 70.3 Å². The molecule has 0 aliphatic rings. The van der Waals surface area contributed by atoms with E-state index in [-0.39, 0.29) is 11.8 Å². The zero-order valence-corrected chi connectivity index (χ0v) is 24.4. The van der Waals surface area contributed by atoms with E-state index in [2.05, 4.69) is 31.1 Å². The Kier molecular flexibility index (Phi) is 11.5. The lowest BCUT2D eigenvalue weighted by molar-refractivity contribution is -0.00160. The van der Waals surface area contributed by atoms with Gasteiger partial charge in [0.25, 0.3) is 11.8 Å². The first-order valence-corrected chi connectivity index (χ1v) is 14.0. The van der Waals surface area contributed by atoms with Crippen molar-refractivity contribution >= 4 is 23.9 Å². The van der Waals surface area contributed by atoms with Gasteiger partial charge in [0.2, 0.25) is 0 Å². The van der Waals surface area contributed by atoms with Gasteiger partial charge in [0.15, 0.2) is 0 Å². The van der Waals surface area contributed by atoms with Crippen molar-refractivity contribution in [2.75, 3.05) is 13.1 Å². The van der Waals surface area contributed by atoms with Crippen LogP contribution >= 0.6 is 12.1 Å². The van der Waals surface area contributed by atoms with Gasteiger partial charge in [0.05, 0.1) is 17.7 Å². The van der Waals surface area contributed by atoms with E-state index in [0.717, 1.165) is 56.3 Å². The minimum atomic E-state index is -0.623. The van der Waals surface area contributed by atoms with Crippen LogP contribution in [0.2, 0.25) is 0 Å². The van der Waals surface area contributed by atoms with Crippen LogP contribution in [0.4, 0.5) is 0 Å². The van der Waals surface area contributed by atoms with E-state index in [1.165, 1.54) is 17.7 Å². The molecule has 0 atom stereocenters. The van der Waals surface area contributed by atoms with Crippen LogP contribution in [0.15, 0.2) is 42.5 Å². The number of carbonyl (C=O) groups is 2. The standard InChI is InChI=1S/C30H45N3O2S/c1-9-12-18-31(19-13-10-2)36-33(29(35)26-16-14-25(11-3)15-17-26)32(30(6,7)8)28(34)27-21-23(4)20-24(5)22-27/h14-17,20-22H,9-13,18-19H2,1-8H3. The average Bonchev–Trinajstić information content (AvgIpc) is 2.83. The second kappa shape index (κ2) is 13.8. The highest BCUT2D eigenvalue weighted by Gasteiger charge is 2.38. The first-order valence-electron chi connectivity index (χ1n) is 13.3. The molecule has 0 unspecified atom stereocenters. The van der Waals surface area contributed by atoms with Gasteiger partial charge in [-0.1, -0.05) is 62.9 Å². The zero-order chi connectivity index (χ0) is 26.9. The fourth-order valence-electron chi connectivity index (χ4n) is 4.01. The predicted molar refractivity (Wildman–Crippen MR) is 153 cm³/mol. The summed E-state index contributed by atoms with van der Waals surface area (Å²) in [6.45, 7) is 18.1. The number of carbonyl (C=O) groups excluding carboxylic acids is 2. The van der Waals surface area contributed by atoms with Crippen LogP contribution in [0.3, 0.4) is 0 Å². The molecule has 5 nitrogen and oxygen atoms in total. The lowest BCUT2D eigenvalue weighted by Gasteiger charge is -2.43. The molecule has 2 aromatic carbocycles. The number of amides is 2. The van der Waals surface area contributed by atoms with E-state index in [1.54, 1.807) is 9.42 Å². The molecule has 36 heavy (non-hydrogen) atoms. The molecule has 0 bridgehead atoms. The maximum absolute atomic E-state index is 14.1. The van der Waals surface area contributed by atoms with Crippen molar-refractivity contribution in [2.24, 2.45) is 0 Å². The van der Waals surface area contributed by atoms with Gasteiger partial charge >= 0.3 is 0 Å². The van der Waals surface area contributed by atoms with E-state index in [9.17, 15) is 9.59 Å². The normalized spacial score (nSPS) is 11.6. The van der Waals surface area contributed by atoms with Crippen molar-refractivity contribution < 1.29 is 9.59 Å². The fourth-order valence-corrected chi connectivity index (χ4v) is 5.22. The van der Waals surface area contributed by atoms with Gasteiger partial charge in [-0.15, -0.1) is 0 Å². The summed E-state index contributed by atoms with van der Waals surface area (Å²) in [5.74, 6) is -0.362. The van der Waals surface area contributed by atoms with Gasteiger partial charge in [-0.2, -0.15) is 4.41 Å². The predicted octanol–water partition coefficient (Wildman–Crippen LogP) is 7.63. The summed E-state index contributed by atoms with van der Waals surface area (Å²) in [7, 11) is 0. The Labute approximate surface area is 223 Å². The maximum Gasteiger partial charge on any atom is 0.284 e. The smallest absolute Gasteiger partial charge is 0.267 e. The topological polar surface area (TPSA) is 43.9 Å². The van der Waals surface area contributed by atoms with Crippen molar-refractivity contribution in [3.63, 3.8) is 0 Å². The van der Waals surface area contributed by atoms with Crippen LogP contribution in [0, 0.1) is 13.8 Å². The quantitative estimate of drug-likeness (QED) is 0.230. The molecule has 0 aromatic heterocycles. The minimum Gasteiger partial charge on any atom is -0.267 e. The summed E-state index contributed by atoms with van der Waals surface area (Å²) in [6.07, 6.45) is 5.11. The van der Waals surface area contributed by atoms with E-state index in [1.807, 2.05) is 71.0 Å². The number of aryl methyl sites for hydroxylation is 3. The Balaban J connectivity index is 2.58. The molecule has 0 N–H and O–H groups in total. The lowest BCUT2D eigenvalue weighted by atomic mass is 10.0. The van der Waals surface area contributed by atoms with Crippen molar-refractivity contribution in [1.29, 1.82) is 0 Å². The van der Waals surface area contributed by atoms with Crippen LogP contribution in [0.1, 0.15) is 105 Å². The van der Waals surface area contributed by atoms with Crippen molar-refractivity contribution in [2.45, 2.75) is 93.0 Å². The molecule has 0 spiro atoms. The Morgan fingerprint density at radius 3 is 1.75 bits per heavy atom. The monoisotopic (exact) mass is 511 g/mol. The van der Waals surface area contributed by atoms with Crippen LogP contribution < -0.4 is 0 Å². The molecule has 0 aliphatic carbocycles. The number of hydrogen-bond acceptors (Lipinski definition) is 4. The third-order valence-corrected chi connectivity index (χ3v) is 7.06. The second-order valence-electron chi connectivity index (χ2n) is 10.5. The summed E-state index contributed by atoms with van der Waals surface area (Å²) < 4.78 is 3.84. The average molecular weight is 512 g/mol. The maximum atomic E-state index is 14.1. The highest BCUT2D eigenvalue weighted by atomic mass is 32.2. The van der Waals surface area contributed by atoms with Crippen molar-refractivity contribution in [1.82, 2.24) is 13.7 Å². The van der Waals surface area contributed by atoms with Gasteiger partial charge in [-0.3, -0.25) is 9.59 Å². The first kappa shape index (κ1) is 29.9. The third kappa shape index (κ3) is 8.38. The molecule has 2 amide bonds. The first-order chi connectivity index (χ1) is 17.0. The van der Waals surface area contributed by atoms with E-state index in [0.29, 0.717) is 11.1 Å². The molecule has 0 saturated heterocycles. The fraction of sp³-hybridized carbons (Fsp3) is 0.533.